The number of nitrogens with zero attached hydrogens (tertiary/aromatic N) is 1. The van der Waals surface area contributed by atoms with Crippen LogP contribution in [0.4, 0.5) is 5.69 Å². The van der Waals surface area contributed by atoms with Crippen LogP contribution in [0.3, 0.4) is 0 Å². The first-order valence-corrected chi connectivity index (χ1v) is 4.80. The average Bonchev–Trinajstić information content (AvgIpc) is 2.47. The highest BCUT2D eigenvalue weighted by atomic mass is 32.1. The van der Waals surface area contributed by atoms with Crippen LogP contribution in [-0.4, -0.2) is 16.8 Å². The molecule has 1 aliphatic heterocycles. The SMILES string of the molecule is CC1NN(c2ccccc2)C(=O)C1=S. The van der Waals surface area contributed by atoms with Crippen LogP contribution in [0, 0.1) is 0 Å². The third-order valence-corrected chi connectivity index (χ3v) is 2.67. The number of hydrogen-bond acceptors (Lipinski definition) is 3. The topological polar surface area (TPSA) is 32.3 Å². The van der Waals surface area contributed by atoms with Crippen LogP contribution in [0.15, 0.2) is 30.3 Å². The molecule has 4 heteroatoms. The minimum atomic E-state index is -0.126. The molecule has 0 bridgehead atoms. The Balaban J connectivity index is 2.30. The van der Waals surface area contributed by atoms with E-state index in [0.717, 1.165) is 5.69 Å². The molecule has 72 valence electrons. The molecule has 1 atom stereocenters. The van der Waals surface area contributed by atoms with Gasteiger partial charge in [-0.1, -0.05) is 30.4 Å². The molecule has 0 aromatic heterocycles. The van der Waals surface area contributed by atoms with Gasteiger partial charge in [-0.25, -0.2) is 10.4 Å². The number of rotatable bonds is 1. The molecule has 0 spiro atoms. The van der Waals surface area contributed by atoms with Crippen molar-refractivity contribution in [2.75, 3.05) is 5.01 Å². The van der Waals surface area contributed by atoms with Gasteiger partial charge >= 0.3 is 0 Å². The molecule has 3 nitrogen and oxygen atoms in total. The Labute approximate surface area is 87.7 Å². The smallest absolute Gasteiger partial charge is 0.267 e. The van der Waals surface area contributed by atoms with Crippen LogP contribution in [0.25, 0.3) is 0 Å². The standard InChI is InChI=1S/C10H10N2OS/c1-7-9(14)10(13)12(11-7)8-5-3-2-4-6-8/h2-7,11H,1H3. The second-order valence-corrected chi connectivity index (χ2v) is 3.63. The zero-order valence-electron chi connectivity index (χ0n) is 7.73. The number of para-hydroxylation sites is 1. The molecule has 1 heterocycles. The molecule has 2 rings (SSSR count). The van der Waals surface area contributed by atoms with Gasteiger partial charge in [0.15, 0.2) is 0 Å². The predicted octanol–water partition coefficient (Wildman–Crippen LogP) is 1.30. The Kier molecular flexibility index (Phi) is 2.31. The van der Waals surface area contributed by atoms with Gasteiger partial charge in [0.2, 0.25) is 0 Å². The number of carbonyl (C=O) groups excluding carboxylic acids is 1. The lowest BCUT2D eigenvalue weighted by Crippen LogP contribution is -2.36. The number of anilines is 1. The van der Waals surface area contributed by atoms with Gasteiger partial charge in [-0.3, -0.25) is 4.79 Å². The highest BCUT2D eigenvalue weighted by molar-refractivity contribution is 7.82. The molecule has 1 fully saturated rings. The van der Waals surface area contributed by atoms with E-state index in [4.69, 9.17) is 12.2 Å². The maximum absolute atomic E-state index is 11.6. The third-order valence-electron chi connectivity index (χ3n) is 2.14. The summed E-state index contributed by atoms with van der Waals surface area (Å²) in [5, 5.41) is 1.49. The summed E-state index contributed by atoms with van der Waals surface area (Å²) in [7, 11) is 0. The van der Waals surface area contributed by atoms with Gasteiger partial charge in [0.1, 0.15) is 4.86 Å². The monoisotopic (exact) mass is 206 g/mol. The molecule has 14 heavy (non-hydrogen) atoms. The molecule has 1 aliphatic rings. The minimum absolute atomic E-state index is 0.0577. The Morgan fingerprint density at radius 2 is 2.00 bits per heavy atom. The Bertz CT molecular complexity index is 377. The number of thiocarbonyl (C=S) groups is 1. The number of carbonyl (C=O) groups is 1. The summed E-state index contributed by atoms with van der Waals surface area (Å²) < 4.78 is 0. The highest BCUT2D eigenvalue weighted by Crippen LogP contribution is 2.16. The van der Waals surface area contributed by atoms with E-state index >= 15 is 0 Å². The molecular formula is C10H10N2OS. The van der Waals surface area contributed by atoms with E-state index in [-0.39, 0.29) is 11.9 Å². The van der Waals surface area contributed by atoms with Crippen LogP contribution in [0.2, 0.25) is 0 Å². The lowest BCUT2D eigenvalue weighted by atomic mass is 10.2. The molecule has 0 saturated carbocycles. The van der Waals surface area contributed by atoms with E-state index in [1.165, 1.54) is 5.01 Å². The first-order valence-electron chi connectivity index (χ1n) is 4.39. The lowest BCUT2D eigenvalue weighted by molar-refractivity contribution is -0.112. The summed E-state index contributed by atoms with van der Waals surface area (Å²) in [5.74, 6) is -0.126. The number of benzene rings is 1. The van der Waals surface area contributed by atoms with Crippen LogP contribution < -0.4 is 10.4 Å². The summed E-state index contributed by atoms with van der Waals surface area (Å²) in [6.07, 6.45) is 0. The summed E-state index contributed by atoms with van der Waals surface area (Å²) >= 11 is 4.99. The highest BCUT2D eigenvalue weighted by Gasteiger charge is 2.32. The number of hydrazine groups is 1. The molecule has 1 amide bonds. The molecule has 1 saturated heterocycles. The first kappa shape index (κ1) is 9.30. The fourth-order valence-electron chi connectivity index (χ4n) is 1.38. The quantitative estimate of drug-likeness (QED) is 0.703. The van der Waals surface area contributed by atoms with E-state index in [1.807, 2.05) is 37.3 Å². The van der Waals surface area contributed by atoms with Crippen molar-refractivity contribution >= 4 is 28.7 Å². The van der Waals surface area contributed by atoms with Crippen LogP contribution >= 0.6 is 12.2 Å². The summed E-state index contributed by atoms with van der Waals surface area (Å²) in [5.41, 5.74) is 3.84. The Hall–Kier alpha value is -1.26. The normalized spacial score (nSPS) is 21.8. The van der Waals surface area contributed by atoms with Gasteiger partial charge < -0.3 is 0 Å². The second kappa shape index (κ2) is 3.48. The van der Waals surface area contributed by atoms with E-state index in [9.17, 15) is 4.79 Å². The maximum atomic E-state index is 11.6. The van der Waals surface area contributed by atoms with Gasteiger partial charge in [-0.15, -0.1) is 0 Å². The average molecular weight is 206 g/mol. The summed E-state index contributed by atoms with van der Waals surface area (Å²) in [6.45, 7) is 1.88. The van der Waals surface area contributed by atoms with Gasteiger partial charge in [0, 0.05) is 0 Å². The van der Waals surface area contributed by atoms with Gasteiger partial charge in [-0.05, 0) is 19.1 Å². The van der Waals surface area contributed by atoms with E-state index in [2.05, 4.69) is 5.43 Å². The molecule has 0 aliphatic carbocycles. The van der Waals surface area contributed by atoms with Gasteiger partial charge in [-0.2, -0.15) is 0 Å². The van der Waals surface area contributed by atoms with Gasteiger partial charge in [0.05, 0.1) is 11.7 Å². The zero-order chi connectivity index (χ0) is 10.1. The third kappa shape index (κ3) is 1.42. The fraction of sp³-hybridized carbons (Fsp3) is 0.200. The van der Waals surface area contributed by atoms with Crippen molar-refractivity contribution in [3.63, 3.8) is 0 Å². The first-order chi connectivity index (χ1) is 6.70. The number of amides is 1. The Morgan fingerprint density at radius 1 is 1.36 bits per heavy atom. The van der Waals surface area contributed by atoms with Crippen LogP contribution in [0.1, 0.15) is 6.92 Å². The molecule has 1 unspecified atom stereocenters. The van der Waals surface area contributed by atoms with Crippen LogP contribution in [0.5, 0.6) is 0 Å². The fourth-order valence-corrected chi connectivity index (χ4v) is 1.52. The van der Waals surface area contributed by atoms with Crippen LogP contribution in [-0.2, 0) is 4.79 Å². The molecule has 1 aromatic rings. The van der Waals surface area contributed by atoms with Crippen molar-refractivity contribution in [2.24, 2.45) is 0 Å². The van der Waals surface area contributed by atoms with E-state index in [0.29, 0.717) is 4.86 Å². The minimum Gasteiger partial charge on any atom is -0.267 e. The van der Waals surface area contributed by atoms with E-state index < -0.39 is 0 Å². The summed E-state index contributed by atoms with van der Waals surface area (Å²) in [4.78, 5) is 12.1. The largest absolute Gasteiger partial charge is 0.281 e. The van der Waals surface area contributed by atoms with Crippen molar-refractivity contribution in [1.82, 2.24) is 5.43 Å². The summed E-state index contributed by atoms with van der Waals surface area (Å²) in [6, 6.07) is 9.35. The Morgan fingerprint density at radius 3 is 2.50 bits per heavy atom. The zero-order valence-corrected chi connectivity index (χ0v) is 8.54. The maximum Gasteiger partial charge on any atom is 0.281 e. The van der Waals surface area contributed by atoms with Crippen molar-refractivity contribution in [1.29, 1.82) is 0 Å². The molecule has 1 N–H and O–H groups in total. The van der Waals surface area contributed by atoms with Crippen molar-refractivity contribution < 1.29 is 4.79 Å². The number of nitrogens with one attached hydrogen (secondary N) is 1. The second-order valence-electron chi connectivity index (χ2n) is 3.19. The molecule has 1 aromatic carbocycles. The van der Waals surface area contributed by atoms with Gasteiger partial charge in [0.25, 0.3) is 5.91 Å². The van der Waals surface area contributed by atoms with Crippen molar-refractivity contribution in [2.45, 2.75) is 13.0 Å². The molecular weight excluding hydrogens is 196 g/mol. The predicted molar refractivity (Wildman–Crippen MR) is 59.1 cm³/mol. The lowest BCUT2D eigenvalue weighted by Gasteiger charge is -2.15. The number of hydrogen-bond donors (Lipinski definition) is 1. The molecule has 0 radical (unpaired) electrons. The van der Waals surface area contributed by atoms with Crippen molar-refractivity contribution in [3.8, 4) is 0 Å². The van der Waals surface area contributed by atoms with E-state index in [1.54, 1.807) is 0 Å². The van der Waals surface area contributed by atoms with Crippen molar-refractivity contribution in [3.05, 3.63) is 30.3 Å².